The van der Waals surface area contributed by atoms with Gasteiger partial charge in [-0.3, -0.25) is 19.3 Å². The fourth-order valence-corrected chi connectivity index (χ4v) is 3.17. The minimum absolute atomic E-state index is 0.113. The molecule has 0 saturated heterocycles. The van der Waals surface area contributed by atoms with Gasteiger partial charge >= 0.3 is 0 Å². The summed E-state index contributed by atoms with van der Waals surface area (Å²) in [5.41, 5.74) is 1.34. The molecule has 27 heavy (non-hydrogen) atoms. The maximum Gasteiger partial charge on any atom is 0.262 e. The predicted octanol–water partition coefficient (Wildman–Crippen LogP) is 4.20. The first-order valence-corrected chi connectivity index (χ1v) is 8.85. The highest BCUT2D eigenvalue weighted by Crippen LogP contribution is 2.33. The molecule has 1 N–H and O–H groups in total. The standard InChI is InChI=1S/C18H13Cl3N2O4/c1-8-3-14(15(27-2)6-11(8)19)22-16(24)7-23-17(25)9-4-12(20)13(21)5-10(9)18(23)26/h3-6H,7H2,1-2H3,(H,22,24). The van der Waals surface area contributed by atoms with Crippen molar-refractivity contribution in [2.24, 2.45) is 0 Å². The zero-order valence-corrected chi connectivity index (χ0v) is 16.5. The van der Waals surface area contributed by atoms with Crippen LogP contribution in [0.1, 0.15) is 26.3 Å². The van der Waals surface area contributed by atoms with Crippen molar-refractivity contribution in [1.29, 1.82) is 0 Å². The van der Waals surface area contributed by atoms with Crippen LogP contribution >= 0.6 is 34.8 Å². The Kier molecular flexibility index (Phi) is 5.33. The van der Waals surface area contributed by atoms with Gasteiger partial charge in [0.25, 0.3) is 11.8 Å². The molecule has 0 unspecified atom stereocenters. The molecular weight excluding hydrogens is 415 g/mol. The molecule has 0 radical (unpaired) electrons. The number of hydrogen-bond donors (Lipinski definition) is 1. The number of anilines is 1. The van der Waals surface area contributed by atoms with Gasteiger partial charge in [0.1, 0.15) is 12.3 Å². The summed E-state index contributed by atoms with van der Waals surface area (Å²) >= 11 is 17.9. The lowest BCUT2D eigenvalue weighted by Gasteiger charge is -2.16. The molecule has 0 atom stereocenters. The third-order valence-electron chi connectivity index (χ3n) is 4.07. The SMILES string of the molecule is COc1cc(Cl)c(C)cc1NC(=O)CN1C(=O)c2cc(Cl)c(Cl)cc2C1=O. The number of imide groups is 1. The molecule has 9 heteroatoms. The lowest BCUT2D eigenvalue weighted by Crippen LogP contribution is -2.37. The quantitative estimate of drug-likeness (QED) is 0.742. The summed E-state index contributed by atoms with van der Waals surface area (Å²) in [6.45, 7) is 1.31. The molecule has 6 nitrogen and oxygen atoms in total. The summed E-state index contributed by atoms with van der Waals surface area (Å²) in [6.07, 6.45) is 0. The number of aryl methyl sites for hydroxylation is 1. The Morgan fingerprint density at radius 1 is 1.00 bits per heavy atom. The van der Waals surface area contributed by atoms with Crippen LogP contribution in [0.4, 0.5) is 5.69 Å². The van der Waals surface area contributed by atoms with E-state index in [9.17, 15) is 14.4 Å². The van der Waals surface area contributed by atoms with Gasteiger partial charge in [0.05, 0.1) is 34.0 Å². The van der Waals surface area contributed by atoms with Crippen LogP contribution < -0.4 is 10.1 Å². The van der Waals surface area contributed by atoms with Crippen LogP contribution in [0, 0.1) is 6.92 Å². The van der Waals surface area contributed by atoms with E-state index < -0.39 is 24.3 Å². The van der Waals surface area contributed by atoms with Crippen molar-refractivity contribution >= 4 is 58.2 Å². The maximum absolute atomic E-state index is 12.5. The number of carbonyl (C=O) groups excluding carboxylic acids is 3. The fraction of sp³-hybridized carbons (Fsp3) is 0.167. The number of nitrogens with zero attached hydrogens (tertiary/aromatic N) is 1. The second kappa shape index (κ2) is 7.38. The first kappa shape index (κ1) is 19.5. The van der Waals surface area contributed by atoms with E-state index in [-0.39, 0.29) is 21.2 Å². The lowest BCUT2D eigenvalue weighted by molar-refractivity contribution is -0.116. The van der Waals surface area contributed by atoms with Crippen molar-refractivity contribution in [2.45, 2.75) is 6.92 Å². The maximum atomic E-state index is 12.5. The lowest BCUT2D eigenvalue weighted by atomic mass is 10.1. The Labute approximate surface area is 169 Å². The summed E-state index contributed by atoms with van der Waals surface area (Å²) in [5, 5.41) is 3.42. The number of hydrogen-bond acceptors (Lipinski definition) is 4. The van der Waals surface area contributed by atoms with Crippen LogP contribution in [0.5, 0.6) is 5.75 Å². The van der Waals surface area contributed by atoms with Gasteiger partial charge in [-0.05, 0) is 30.7 Å². The molecule has 2 aromatic rings. The molecule has 1 heterocycles. The molecule has 2 aromatic carbocycles. The van der Waals surface area contributed by atoms with E-state index >= 15 is 0 Å². The van der Waals surface area contributed by atoms with Gasteiger partial charge in [0, 0.05) is 11.1 Å². The van der Waals surface area contributed by atoms with E-state index in [4.69, 9.17) is 39.5 Å². The molecule has 140 valence electrons. The highest BCUT2D eigenvalue weighted by molar-refractivity contribution is 6.43. The van der Waals surface area contributed by atoms with Crippen LogP contribution in [0.2, 0.25) is 15.1 Å². The number of carbonyl (C=O) groups is 3. The average molecular weight is 428 g/mol. The van der Waals surface area contributed by atoms with Crippen LogP contribution in [0.25, 0.3) is 0 Å². The summed E-state index contributed by atoms with van der Waals surface area (Å²) in [6, 6.07) is 5.85. The third-order valence-corrected chi connectivity index (χ3v) is 5.20. The van der Waals surface area contributed by atoms with Crippen molar-refractivity contribution in [1.82, 2.24) is 4.90 Å². The zero-order chi connectivity index (χ0) is 19.9. The Morgan fingerprint density at radius 2 is 1.56 bits per heavy atom. The Balaban J connectivity index is 1.81. The van der Waals surface area contributed by atoms with Gasteiger partial charge in [-0.15, -0.1) is 0 Å². The van der Waals surface area contributed by atoms with Crippen LogP contribution in [0.15, 0.2) is 24.3 Å². The topological polar surface area (TPSA) is 75.7 Å². The van der Waals surface area contributed by atoms with E-state index in [1.165, 1.54) is 19.2 Å². The minimum Gasteiger partial charge on any atom is -0.495 e. The number of benzene rings is 2. The van der Waals surface area contributed by atoms with Crippen LogP contribution in [-0.4, -0.2) is 36.3 Å². The Hall–Kier alpha value is -2.28. The summed E-state index contributed by atoms with van der Waals surface area (Å²) < 4.78 is 5.20. The number of methoxy groups -OCH3 is 1. The van der Waals surface area contributed by atoms with Gasteiger partial charge in [-0.1, -0.05) is 34.8 Å². The second-order valence-corrected chi connectivity index (χ2v) is 7.08. The zero-order valence-electron chi connectivity index (χ0n) is 14.2. The predicted molar refractivity (Wildman–Crippen MR) is 103 cm³/mol. The molecule has 0 aromatic heterocycles. The first-order valence-electron chi connectivity index (χ1n) is 7.72. The van der Waals surface area contributed by atoms with Gasteiger partial charge in [-0.2, -0.15) is 0 Å². The van der Waals surface area contributed by atoms with Crippen molar-refractivity contribution in [3.8, 4) is 5.75 Å². The number of rotatable bonds is 4. The molecular formula is C18H13Cl3N2O4. The molecule has 3 amide bonds. The molecule has 0 fully saturated rings. The molecule has 0 saturated carbocycles. The van der Waals surface area contributed by atoms with E-state index in [1.807, 2.05) is 0 Å². The number of ether oxygens (including phenoxy) is 1. The third kappa shape index (κ3) is 3.60. The summed E-state index contributed by atoms with van der Waals surface area (Å²) in [7, 11) is 1.44. The molecule has 3 rings (SSSR count). The van der Waals surface area contributed by atoms with Crippen molar-refractivity contribution < 1.29 is 19.1 Å². The number of halogens is 3. The fourth-order valence-electron chi connectivity index (χ4n) is 2.69. The van der Waals surface area contributed by atoms with E-state index in [0.717, 1.165) is 10.5 Å². The largest absolute Gasteiger partial charge is 0.495 e. The highest BCUT2D eigenvalue weighted by Gasteiger charge is 2.37. The van der Waals surface area contributed by atoms with Crippen molar-refractivity contribution in [2.75, 3.05) is 19.0 Å². The summed E-state index contributed by atoms with van der Waals surface area (Å²) in [4.78, 5) is 38.2. The van der Waals surface area contributed by atoms with E-state index in [0.29, 0.717) is 16.5 Å². The summed E-state index contributed by atoms with van der Waals surface area (Å²) in [5.74, 6) is -1.42. The number of fused-ring (bicyclic) bond motifs is 1. The van der Waals surface area contributed by atoms with E-state index in [2.05, 4.69) is 5.32 Å². The highest BCUT2D eigenvalue weighted by atomic mass is 35.5. The van der Waals surface area contributed by atoms with Crippen LogP contribution in [-0.2, 0) is 4.79 Å². The normalized spacial score (nSPS) is 13.0. The second-order valence-electron chi connectivity index (χ2n) is 5.86. The molecule has 0 bridgehead atoms. The minimum atomic E-state index is -0.608. The average Bonchev–Trinajstić information content (AvgIpc) is 2.83. The molecule has 0 spiro atoms. The van der Waals surface area contributed by atoms with E-state index in [1.54, 1.807) is 19.1 Å². The number of nitrogens with one attached hydrogen (secondary N) is 1. The Bertz CT molecular complexity index is 950. The van der Waals surface area contributed by atoms with Gasteiger partial charge < -0.3 is 10.1 Å². The Morgan fingerprint density at radius 3 is 2.07 bits per heavy atom. The van der Waals surface area contributed by atoms with Gasteiger partial charge in [-0.25, -0.2) is 0 Å². The monoisotopic (exact) mass is 426 g/mol. The van der Waals surface area contributed by atoms with Gasteiger partial charge in [0.2, 0.25) is 5.91 Å². The van der Waals surface area contributed by atoms with Crippen molar-refractivity contribution in [3.05, 3.63) is 56.0 Å². The molecule has 1 aliphatic heterocycles. The van der Waals surface area contributed by atoms with Gasteiger partial charge in [0.15, 0.2) is 0 Å². The smallest absolute Gasteiger partial charge is 0.262 e. The van der Waals surface area contributed by atoms with Crippen molar-refractivity contribution in [3.63, 3.8) is 0 Å². The molecule has 1 aliphatic rings. The first-order chi connectivity index (χ1) is 12.7. The molecule has 0 aliphatic carbocycles. The number of amides is 3. The van der Waals surface area contributed by atoms with Crippen LogP contribution in [0.3, 0.4) is 0 Å².